The van der Waals surface area contributed by atoms with Crippen molar-refractivity contribution in [1.29, 1.82) is 0 Å². The van der Waals surface area contributed by atoms with Crippen LogP contribution in [0.1, 0.15) is 30.9 Å². The first-order valence-electron chi connectivity index (χ1n) is 11.7. The summed E-state index contributed by atoms with van der Waals surface area (Å²) in [5.74, 6) is -5.35. The predicted octanol–water partition coefficient (Wildman–Crippen LogP) is 1.13. The van der Waals surface area contributed by atoms with Crippen molar-refractivity contribution in [3.05, 3.63) is 75.8 Å². The molecule has 13 nitrogen and oxygen atoms in total. The summed E-state index contributed by atoms with van der Waals surface area (Å²) in [4.78, 5) is 74.3. The highest BCUT2D eigenvalue weighted by Gasteiger charge is 2.73. The second kappa shape index (κ2) is 10.4. The Hall–Kier alpha value is -4.46. The number of nitrogens with zero attached hydrogens (tertiary/aromatic N) is 2. The third kappa shape index (κ3) is 4.67. The first kappa shape index (κ1) is 27.6. The number of carbonyl (C=O) groups is 5. The number of nitro benzene ring substituents is 1. The number of carboxylic acid groups (broad SMARTS) is 1. The molecule has 2 aliphatic rings. The summed E-state index contributed by atoms with van der Waals surface area (Å²) in [5.41, 5.74) is -1.39. The SMILES string of the molecule is CC1(C)S[C@@H]2[C@H](NC(=O)C(C(=O)OCc3ccc([N+](=O)[O-])cc3)c3ccccc3)C(=O)N2[C@@]1(NC=O)C(=O)O. The first-order valence-corrected chi connectivity index (χ1v) is 12.5. The van der Waals surface area contributed by atoms with Crippen LogP contribution in [0.5, 0.6) is 0 Å². The van der Waals surface area contributed by atoms with Crippen molar-refractivity contribution in [3.63, 3.8) is 0 Å². The minimum atomic E-state index is -2.02. The summed E-state index contributed by atoms with van der Waals surface area (Å²) in [7, 11) is 0. The molecule has 2 aliphatic heterocycles. The van der Waals surface area contributed by atoms with Crippen LogP contribution in [0, 0.1) is 10.1 Å². The lowest BCUT2D eigenvalue weighted by Crippen LogP contribution is -2.79. The van der Waals surface area contributed by atoms with Gasteiger partial charge in [-0.25, -0.2) is 4.79 Å². The molecule has 1 unspecified atom stereocenters. The van der Waals surface area contributed by atoms with Gasteiger partial charge in [0.2, 0.25) is 18.0 Å². The molecule has 2 saturated heterocycles. The van der Waals surface area contributed by atoms with E-state index in [-0.39, 0.29) is 18.7 Å². The van der Waals surface area contributed by atoms with Gasteiger partial charge in [0.15, 0.2) is 5.92 Å². The van der Waals surface area contributed by atoms with E-state index in [9.17, 15) is 39.2 Å². The van der Waals surface area contributed by atoms with Gasteiger partial charge in [0.05, 0.1) is 9.67 Å². The summed E-state index contributed by atoms with van der Waals surface area (Å²) in [6.07, 6.45) is 0.213. The van der Waals surface area contributed by atoms with Crippen LogP contribution < -0.4 is 10.6 Å². The molecule has 3 N–H and O–H groups in total. The number of nitrogens with one attached hydrogen (secondary N) is 2. The molecule has 4 atom stereocenters. The highest BCUT2D eigenvalue weighted by molar-refractivity contribution is 8.01. The molecule has 2 aromatic rings. The monoisotopic (exact) mass is 556 g/mol. The fourth-order valence-corrected chi connectivity index (χ4v) is 6.44. The Balaban J connectivity index is 1.52. The lowest BCUT2D eigenvalue weighted by Gasteiger charge is -2.49. The van der Waals surface area contributed by atoms with E-state index >= 15 is 0 Å². The Morgan fingerprint density at radius 3 is 2.38 bits per heavy atom. The van der Waals surface area contributed by atoms with Crippen LogP contribution in [0.2, 0.25) is 0 Å². The topological polar surface area (TPSA) is 185 Å². The Bertz CT molecular complexity index is 1330. The minimum absolute atomic E-state index is 0.131. The van der Waals surface area contributed by atoms with E-state index in [1.54, 1.807) is 44.2 Å². The smallest absolute Gasteiger partial charge is 0.352 e. The average molecular weight is 557 g/mol. The van der Waals surface area contributed by atoms with Gasteiger partial charge >= 0.3 is 11.9 Å². The Morgan fingerprint density at radius 2 is 1.82 bits per heavy atom. The predicted molar refractivity (Wildman–Crippen MR) is 136 cm³/mol. The van der Waals surface area contributed by atoms with Crippen LogP contribution >= 0.6 is 11.8 Å². The number of esters is 1. The van der Waals surface area contributed by atoms with E-state index in [4.69, 9.17) is 4.74 Å². The number of carboxylic acids is 1. The van der Waals surface area contributed by atoms with Crippen molar-refractivity contribution >= 4 is 47.6 Å². The van der Waals surface area contributed by atoms with Crippen molar-refractivity contribution in [2.45, 2.75) is 48.2 Å². The zero-order valence-corrected chi connectivity index (χ0v) is 21.5. The van der Waals surface area contributed by atoms with E-state index in [1.807, 2.05) is 0 Å². The van der Waals surface area contributed by atoms with Crippen LogP contribution in [-0.4, -0.2) is 66.9 Å². The fourth-order valence-electron chi connectivity index (χ4n) is 4.73. The maximum atomic E-state index is 13.4. The third-order valence-electron chi connectivity index (χ3n) is 6.73. The molecule has 2 aromatic carbocycles. The van der Waals surface area contributed by atoms with Crippen molar-refractivity contribution < 1.29 is 38.7 Å². The Labute approximate surface area is 226 Å². The number of amides is 3. The molecule has 14 heteroatoms. The van der Waals surface area contributed by atoms with Crippen LogP contribution in [0.4, 0.5) is 5.69 Å². The van der Waals surface area contributed by atoms with Crippen molar-refractivity contribution in [1.82, 2.24) is 15.5 Å². The van der Waals surface area contributed by atoms with Gasteiger partial charge < -0.3 is 20.5 Å². The molecular formula is C25H24N4O9S. The lowest BCUT2D eigenvalue weighted by molar-refractivity contribution is -0.384. The van der Waals surface area contributed by atoms with Gasteiger partial charge in [-0.05, 0) is 37.1 Å². The Kier molecular flexibility index (Phi) is 7.33. The van der Waals surface area contributed by atoms with Crippen LogP contribution in [0.3, 0.4) is 0 Å². The number of benzene rings is 2. The van der Waals surface area contributed by atoms with Gasteiger partial charge in [0.1, 0.15) is 18.0 Å². The Morgan fingerprint density at radius 1 is 1.18 bits per heavy atom. The summed E-state index contributed by atoms with van der Waals surface area (Å²) in [6, 6.07) is 12.2. The molecule has 0 saturated carbocycles. The molecule has 3 amide bonds. The number of hydrogen-bond donors (Lipinski definition) is 3. The van der Waals surface area contributed by atoms with Gasteiger partial charge in [-0.15, -0.1) is 11.8 Å². The molecule has 0 bridgehead atoms. The molecule has 0 aromatic heterocycles. The number of ether oxygens (including phenoxy) is 1. The number of β-lactam (4-membered cyclic amide) rings is 1. The van der Waals surface area contributed by atoms with E-state index in [0.717, 1.165) is 16.7 Å². The number of hydrogen-bond acceptors (Lipinski definition) is 9. The number of rotatable bonds is 10. The summed E-state index contributed by atoms with van der Waals surface area (Å²) < 4.78 is 4.19. The summed E-state index contributed by atoms with van der Waals surface area (Å²) >= 11 is 1.10. The summed E-state index contributed by atoms with van der Waals surface area (Å²) in [6.45, 7) is 2.87. The molecule has 4 rings (SSSR count). The van der Waals surface area contributed by atoms with E-state index in [1.165, 1.54) is 24.3 Å². The molecule has 2 fully saturated rings. The van der Waals surface area contributed by atoms with Crippen LogP contribution in [-0.2, 0) is 35.3 Å². The fraction of sp³-hybridized carbons (Fsp3) is 0.320. The molecule has 39 heavy (non-hydrogen) atoms. The van der Waals surface area contributed by atoms with Gasteiger partial charge in [-0.2, -0.15) is 0 Å². The van der Waals surface area contributed by atoms with Crippen molar-refractivity contribution in [3.8, 4) is 0 Å². The van der Waals surface area contributed by atoms with Crippen LogP contribution in [0.15, 0.2) is 54.6 Å². The van der Waals surface area contributed by atoms with Crippen molar-refractivity contribution in [2.75, 3.05) is 0 Å². The highest BCUT2D eigenvalue weighted by Crippen LogP contribution is 2.55. The van der Waals surface area contributed by atoms with E-state index in [0.29, 0.717) is 11.1 Å². The zero-order chi connectivity index (χ0) is 28.5. The second-order valence-electron chi connectivity index (χ2n) is 9.37. The average Bonchev–Trinajstić information content (AvgIpc) is 3.11. The molecular weight excluding hydrogens is 532 g/mol. The number of thioether (sulfide) groups is 1. The maximum Gasteiger partial charge on any atom is 0.352 e. The number of non-ortho nitro benzene ring substituents is 1. The number of nitro groups is 1. The number of aliphatic carboxylic acids is 1. The highest BCUT2D eigenvalue weighted by atomic mass is 32.2. The largest absolute Gasteiger partial charge is 0.478 e. The maximum absolute atomic E-state index is 13.4. The molecule has 0 radical (unpaired) electrons. The van der Waals surface area contributed by atoms with Gasteiger partial charge in [0.25, 0.3) is 11.6 Å². The number of fused-ring (bicyclic) bond motifs is 1. The second-order valence-corrected chi connectivity index (χ2v) is 11.1. The third-order valence-corrected chi connectivity index (χ3v) is 8.33. The van der Waals surface area contributed by atoms with Gasteiger partial charge in [0, 0.05) is 12.1 Å². The molecule has 2 heterocycles. The molecule has 204 valence electrons. The quantitative estimate of drug-likeness (QED) is 0.0956. The van der Waals surface area contributed by atoms with E-state index < -0.39 is 56.4 Å². The standard InChI is InChI=1S/C25H24N4O9S/c1-24(2)25(23(34)35,26-13-30)28-20(32)18(21(28)39-24)27-19(31)17(15-6-4-3-5-7-15)22(33)38-12-14-8-10-16(11-9-14)29(36)37/h3-11,13,17-18,21H,12H2,1-2H3,(H,26,30)(H,27,31)(H,34,35)/t17?,18-,21-,25+/m1/s1. The lowest BCUT2D eigenvalue weighted by atomic mass is 9.88. The van der Waals surface area contributed by atoms with Crippen molar-refractivity contribution in [2.24, 2.45) is 0 Å². The normalized spacial score (nSPS) is 23.5. The van der Waals surface area contributed by atoms with Gasteiger partial charge in [-0.1, -0.05) is 30.3 Å². The summed E-state index contributed by atoms with van der Waals surface area (Å²) in [5, 5.41) is 24.8. The minimum Gasteiger partial charge on any atom is -0.478 e. The van der Waals surface area contributed by atoms with Crippen LogP contribution in [0.25, 0.3) is 0 Å². The molecule has 0 aliphatic carbocycles. The molecule has 0 spiro atoms. The van der Waals surface area contributed by atoms with Gasteiger partial charge in [-0.3, -0.25) is 34.2 Å². The van der Waals surface area contributed by atoms with E-state index in [2.05, 4.69) is 10.6 Å². The number of carbonyl (C=O) groups excluding carboxylic acids is 4. The first-order chi connectivity index (χ1) is 18.4. The zero-order valence-electron chi connectivity index (χ0n) is 20.7.